The van der Waals surface area contributed by atoms with Crippen molar-refractivity contribution in [3.05, 3.63) is 45.1 Å². The lowest BCUT2D eigenvalue weighted by Crippen LogP contribution is -2.41. The van der Waals surface area contributed by atoms with Gasteiger partial charge in [0.1, 0.15) is 6.04 Å². The maximum Gasteiger partial charge on any atom is 0.262 e. The van der Waals surface area contributed by atoms with Gasteiger partial charge in [0.05, 0.1) is 20.0 Å². The number of thiophene rings is 1. The molecule has 6 nitrogen and oxygen atoms in total. The molecule has 0 spiro atoms. The average Bonchev–Trinajstić information content (AvgIpc) is 3.23. The first kappa shape index (κ1) is 18.6. The van der Waals surface area contributed by atoms with Gasteiger partial charge in [-0.25, -0.2) is 0 Å². The van der Waals surface area contributed by atoms with Crippen LogP contribution in [0, 0.1) is 0 Å². The third-order valence-electron chi connectivity index (χ3n) is 4.06. The van der Waals surface area contributed by atoms with Crippen molar-refractivity contribution in [2.24, 2.45) is 0 Å². The Balaban J connectivity index is 1.68. The van der Waals surface area contributed by atoms with E-state index in [-0.39, 0.29) is 17.7 Å². The summed E-state index contributed by atoms with van der Waals surface area (Å²) in [6, 6.07) is 9.96. The van der Waals surface area contributed by atoms with Crippen LogP contribution in [0.3, 0.4) is 0 Å². The molecule has 1 aromatic heterocycles. The summed E-state index contributed by atoms with van der Waals surface area (Å²) in [5.41, 5.74) is 1.25. The van der Waals surface area contributed by atoms with Gasteiger partial charge in [-0.3, -0.25) is 14.4 Å². The van der Waals surface area contributed by atoms with E-state index >= 15 is 0 Å². The molecule has 8 heteroatoms. The van der Waals surface area contributed by atoms with Crippen LogP contribution in [0.5, 0.6) is 0 Å². The highest BCUT2D eigenvalue weighted by atomic mass is 79.9. The number of amides is 3. The molecule has 0 radical (unpaired) electrons. The van der Waals surface area contributed by atoms with Gasteiger partial charge >= 0.3 is 0 Å². The molecule has 2 heterocycles. The molecule has 3 amide bonds. The predicted octanol–water partition coefficient (Wildman–Crippen LogP) is 3.39. The lowest BCUT2D eigenvalue weighted by atomic mass is 10.2. The number of halogens is 1. The molecule has 1 fully saturated rings. The highest BCUT2D eigenvalue weighted by Gasteiger charge is 2.25. The Labute approximate surface area is 163 Å². The number of hydrogen-bond acceptors (Lipinski definition) is 4. The van der Waals surface area contributed by atoms with Crippen LogP contribution in [0.15, 0.2) is 40.2 Å². The molecule has 0 saturated carbocycles. The Morgan fingerprint density at radius 1 is 1.23 bits per heavy atom. The lowest BCUT2D eigenvalue weighted by Gasteiger charge is -2.21. The van der Waals surface area contributed by atoms with Crippen LogP contribution in [0.1, 0.15) is 29.4 Å². The standard InChI is InChI=1S/C18H18BrN3O3S/c1-11(20-18(25)14-8-9-15(19)26-14)17(24)21-12-5-2-3-6-13(12)22-10-4-7-16(22)23/h2-3,5-6,8-9,11H,4,7,10H2,1H3,(H,20,25)(H,21,24). The molecule has 2 N–H and O–H groups in total. The lowest BCUT2D eigenvalue weighted by molar-refractivity contribution is -0.118. The van der Waals surface area contributed by atoms with Gasteiger partial charge in [-0.15, -0.1) is 11.3 Å². The van der Waals surface area contributed by atoms with Crippen molar-refractivity contribution < 1.29 is 14.4 Å². The normalized spacial score (nSPS) is 15.0. The molecule has 1 aromatic carbocycles. The van der Waals surface area contributed by atoms with Crippen molar-refractivity contribution >= 4 is 56.4 Å². The topological polar surface area (TPSA) is 78.5 Å². The SMILES string of the molecule is CC(NC(=O)c1ccc(Br)s1)C(=O)Nc1ccccc1N1CCCC1=O. The van der Waals surface area contributed by atoms with Crippen LogP contribution in [-0.4, -0.2) is 30.3 Å². The minimum atomic E-state index is -0.717. The first-order chi connectivity index (χ1) is 12.5. The van der Waals surface area contributed by atoms with E-state index in [2.05, 4.69) is 26.6 Å². The number of anilines is 2. The van der Waals surface area contributed by atoms with Gasteiger partial charge in [0, 0.05) is 13.0 Å². The fourth-order valence-electron chi connectivity index (χ4n) is 2.73. The Morgan fingerprint density at radius 2 is 2.00 bits per heavy atom. The second-order valence-electron chi connectivity index (χ2n) is 5.95. The highest BCUT2D eigenvalue weighted by Crippen LogP contribution is 2.29. The molecule has 3 rings (SSSR count). The van der Waals surface area contributed by atoms with Gasteiger partial charge in [-0.1, -0.05) is 12.1 Å². The monoisotopic (exact) mass is 435 g/mol. The van der Waals surface area contributed by atoms with Crippen molar-refractivity contribution in [2.45, 2.75) is 25.8 Å². The zero-order valence-electron chi connectivity index (χ0n) is 14.1. The molecular formula is C18H18BrN3O3S. The third kappa shape index (κ3) is 4.13. The number of carbonyl (C=O) groups excluding carboxylic acids is 3. The van der Waals surface area contributed by atoms with Gasteiger partial charge in [0.2, 0.25) is 11.8 Å². The Hall–Kier alpha value is -2.19. The van der Waals surface area contributed by atoms with Crippen LogP contribution in [-0.2, 0) is 9.59 Å². The van der Waals surface area contributed by atoms with Gasteiger partial charge in [-0.05, 0) is 53.5 Å². The molecule has 0 bridgehead atoms. The van der Waals surface area contributed by atoms with E-state index in [4.69, 9.17) is 0 Å². The predicted molar refractivity (Wildman–Crippen MR) is 106 cm³/mol. The number of carbonyl (C=O) groups is 3. The summed E-state index contributed by atoms with van der Waals surface area (Å²) in [6.45, 7) is 2.27. The van der Waals surface area contributed by atoms with Gasteiger partial charge in [-0.2, -0.15) is 0 Å². The largest absolute Gasteiger partial charge is 0.340 e. The molecule has 1 saturated heterocycles. The van der Waals surface area contributed by atoms with Gasteiger partial charge in [0.15, 0.2) is 0 Å². The fraction of sp³-hybridized carbons (Fsp3) is 0.278. The summed E-state index contributed by atoms with van der Waals surface area (Å²) in [4.78, 5) is 38.9. The van der Waals surface area contributed by atoms with E-state index in [0.29, 0.717) is 29.2 Å². The summed E-state index contributed by atoms with van der Waals surface area (Å²) in [5.74, 6) is -0.587. The maximum absolute atomic E-state index is 12.5. The number of hydrogen-bond donors (Lipinski definition) is 2. The number of benzene rings is 1. The Bertz CT molecular complexity index is 852. The van der Waals surface area contributed by atoms with Gasteiger partial charge < -0.3 is 15.5 Å². The van der Waals surface area contributed by atoms with Crippen molar-refractivity contribution in [1.29, 1.82) is 0 Å². The van der Waals surface area contributed by atoms with E-state index < -0.39 is 6.04 Å². The van der Waals surface area contributed by atoms with E-state index in [0.717, 1.165) is 10.2 Å². The first-order valence-electron chi connectivity index (χ1n) is 8.22. The summed E-state index contributed by atoms with van der Waals surface area (Å²) < 4.78 is 0.851. The smallest absolute Gasteiger partial charge is 0.262 e. The quantitative estimate of drug-likeness (QED) is 0.755. The maximum atomic E-state index is 12.5. The molecule has 136 valence electrons. The molecule has 0 aliphatic carbocycles. The van der Waals surface area contributed by atoms with E-state index in [1.54, 1.807) is 36.1 Å². The minimum absolute atomic E-state index is 0.0522. The Morgan fingerprint density at radius 3 is 2.65 bits per heavy atom. The number of nitrogens with zero attached hydrogens (tertiary/aromatic N) is 1. The summed E-state index contributed by atoms with van der Waals surface area (Å²) in [5, 5.41) is 5.50. The van der Waals surface area contributed by atoms with Crippen LogP contribution >= 0.6 is 27.3 Å². The molecule has 1 aliphatic heterocycles. The minimum Gasteiger partial charge on any atom is -0.340 e. The number of para-hydroxylation sites is 2. The van der Waals surface area contributed by atoms with Crippen molar-refractivity contribution in [3.8, 4) is 0 Å². The average molecular weight is 436 g/mol. The summed E-state index contributed by atoms with van der Waals surface area (Å²) >= 11 is 4.61. The zero-order valence-corrected chi connectivity index (χ0v) is 16.5. The second-order valence-corrected chi connectivity index (χ2v) is 8.42. The molecule has 26 heavy (non-hydrogen) atoms. The van der Waals surface area contributed by atoms with Crippen LogP contribution < -0.4 is 15.5 Å². The van der Waals surface area contributed by atoms with E-state index in [1.807, 2.05) is 12.1 Å². The first-order valence-corrected chi connectivity index (χ1v) is 9.83. The molecular weight excluding hydrogens is 418 g/mol. The van der Waals surface area contributed by atoms with E-state index in [1.165, 1.54) is 11.3 Å². The van der Waals surface area contributed by atoms with Crippen LogP contribution in [0.4, 0.5) is 11.4 Å². The summed E-state index contributed by atoms with van der Waals surface area (Å²) in [6.07, 6.45) is 1.33. The highest BCUT2D eigenvalue weighted by molar-refractivity contribution is 9.11. The molecule has 2 aromatic rings. The van der Waals surface area contributed by atoms with Crippen molar-refractivity contribution in [3.63, 3.8) is 0 Å². The van der Waals surface area contributed by atoms with Gasteiger partial charge in [0.25, 0.3) is 5.91 Å². The second kappa shape index (κ2) is 8.01. The number of nitrogens with one attached hydrogen (secondary N) is 2. The molecule has 1 atom stereocenters. The number of rotatable bonds is 5. The summed E-state index contributed by atoms with van der Waals surface area (Å²) in [7, 11) is 0. The zero-order chi connectivity index (χ0) is 18.7. The molecule has 1 aliphatic rings. The van der Waals surface area contributed by atoms with Crippen molar-refractivity contribution in [1.82, 2.24) is 5.32 Å². The van der Waals surface area contributed by atoms with Crippen LogP contribution in [0.25, 0.3) is 0 Å². The molecule has 1 unspecified atom stereocenters. The fourth-order valence-corrected chi connectivity index (χ4v) is 4.02. The van der Waals surface area contributed by atoms with E-state index in [9.17, 15) is 14.4 Å². The Kier molecular flexibility index (Phi) is 5.73. The third-order valence-corrected chi connectivity index (χ3v) is 5.69. The van der Waals surface area contributed by atoms with Crippen LogP contribution in [0.2, 0.25) is 0 Å². The van der Waals surface area contributed by atoms with Crippen molar-refractivity contribution in [2.75, 3.05) is 16.8 Å².